The van der Waals surface area contributed by atoms with Crippen molar-refractivity contribution in [2.45, 2.75) is 0 Å². The van der Waals surface area contributed by atoms with E-state index in [4.69, 9.17) is 8.83 Å². The fourth-order valence-corrected chi connectivity index (χ4v) is 3.32. The number of aromatic hydroxyl groups is 4. The smallest absolute Gasteiger partial charge is 0.343 e. The van der Waals surface area contributed by atoms with Crippen LogP contribution in [0.25, 0.3) is 35.4 Å². The molecule has 2 aromatic carbocycles. The van der Waals surface area contributed by atoms with Crippen molar-refractivity contribution < 1.29 is 39.5 Å². The minimum absolute atomic E-state index is 0.0515. The van der Waals surface area contributed by atoms with Crippen molar-refractivity contribution in [3.05, 3.63) is 92.0 Å². The van der Waals surface area contributed by atoms with E-state index >= 15 is 0 Å². The van der Waals surface area contributed by atoms with E-state index < -0.39 is 45.6 Å². The molecule has 0 atom stereocenters. The number of benzene rings is 2. The molecule has 0 saturated carbocycles. The summed E-state index contributed by atoms with van der Waals surface area (Å²) in [7, 11) is 0. The van der Waals surface area contributed by atoms with Crippen molar-refractivity contribution in [2.75, 3.05) is 0 Å². The van der Waals surface area contributed by atoms with E-state index in [1.54, 1.807) is 0 Å². The maximum atomic E-state index is 12.8. The lowest BCUT2D eigenvalue weighted by Gasteiger charge is -2.15. The number of phenols is 3. The number of hydrogen-bond donors (Lipinski definition) is 4. The van der Waals surface area contributed by atoms with Crippen molar-refractivity contribution in [3.8, 4) is 45.6 Å². The Labute approximate surface area is 201 Å². The van der Waals surface area contributed by atoms with Crippen LogP contribution in [-0.2, 0) is 0 Å². The van der Waals surface area contributed by atoms with Gasteiger partial charge in [0.15, 0.2) is 11.5 Å². The first-order chi connectivity index (χ1) is 17.1. The average molecular weight is 488 g/mol. The zero-order valence-corrected chi connectivity index (χ0v) is 18.2. The van der Waals surface area contributed by atoms with Crippen molar-refractivity contribution in [1.82, 2.24) is 0 Å². The van der Waals surface area contributed by atoms with Gasteiger partial charge in [-0.2, -0.15) is 0 Å². The van der Waals surface area contributed by atoms with Gasteiger partial charge in [0, 0.05) is 6.07 Å². The van der Waals surface area contributed by atoms with Gasteiger partial charge in [0.05, 0.1) is 11.6 Å². The fraction of sp³-hybridized carbons (Fsp3) is 0. The molecule has 0 spiro atoms. The summed E-state index contributed by atoms with van der Waals surface area (Å²) in [6.45, 7) is 0. The highest BCUT2D eigenvalue weighted by molar-refractivity contribution is 5.84. The number of hydrogen-bond acceptors (Lipinski definition) is 10. The van der Waals surface area contributed by atoms with Crippen LogP contribution in [0.1, 0.15) is 22.6 Å². The second-order valence-corrected chi connectivity index (χ2v) is 7.53. The van der Waals surface area contributed by atoms with Gasteiger partial charge in [-0.05, 0) is 53.1 Å². The highest BCUT2D eigenvalue weighted by Crippen LogP contribution is 2.37. The monoisotopic (exact) mass is 488 g/mol. The molecule has 0 aliphatic carbocycles. The SMILES string of the molecule is O=c1cc(O)cc(/C=C/c2cc(O)c(O)cc2-c2c([O-])cc(/C=C/c3ccc([O-])c(O)c3)oc2=O)o1. The topological polar surface area (TPSA) is 187 Å². The summed E-state index contributed by atoms with van der Waals surface area (Å²) in [5.74, 6) is -3.42. The Bertz CT molecular complexity index is 1640. The summed E-state index contributed by atoms with van der Waals surface area (Å²) in [4.78, 5) is 24.2. The molecule has 4 N–H and O–H groups in total. The van der Waals surface area contributed by atoms with E-state index in [1.807, 2.05) is 0 Å². The summed E-state index contributed by atoms with van der Waals surface area (Å²) < 4.78 is 10.1. The van der Waals surface area contributed by atoms with Gasteiger partial charge in [0.1, 0.15) is 23.0 Å². The molecular weight excluding hydrogens is 472 g/mol. The van der Waals surface area contributed by atoms with E-state index in [2.05, 4.69) is 0 Å². The van der Waals surface area contributed by atoms with Crippen LogP contribution in [0.15, 0.2) is 67.0 Å². The van der Waals surface area contributed by atoms with Crippen molar-refractivity contribution in [2.24, 2.45) is 0 Å². The van der Waals surface area contributed by atoms with Gasteiger partial charge >= 0.3 is 11.3 Å². The van der Waals surface area contributed by atoms with E-state index in [9.17, 15) is 40.2 Å². The molecule has 10 heteroatoms. The third-order valence-electron chi connectivity index (χ3n) is 4.98. The van der Waals surface area contributed by atoms with Crippen molar-refractivity contribution >= 4 is 24.3 Å². The molecular formula is C26H16O10-2. The van der Waals surface area contributed by atoms with Gasteiger partial charge in [-0.25, -0.2) is 9.59 Å². The molecule has 0 fully saturated rings. The van der Waals surface area contributed by atoms with Gasteiger partial charge in [-0.15, -0.1) is 0 Å². The second kappa shape index (κ2) is 9.47. The van der Waals surface area contributed by atoms with Crippen molar-refractivity contribution in [3.63, 3.8) is 0 Å². The molecule has 0 bridgehead atoms. The molecule has 36 heavy (non-hydrogen) atoms. The second-order valence-electron chi connectivity index (χ2n) is 7.53. The Morgan fingerprint density at radius 3 is 2.06 bits per heavy atom. The predicted octanol–water partition coefficient (Wildman–Crippen LogP) is 2.57. The van der Waals surface area contributed by atoms with Crippen LogP contribution in [0.3, 0.4) is 0 Å². The van der Waals surface area contributed by atoms with E-state index in [-0.39, 0.29) is 28.4 Å². The van der Waals surface area contributed by atoms with E-state index in [1.165, 1.54) is 36.4 Å². The maximum absolute atomic E-state index is 12.8. The van der Waals surface area contributed by atoms with Crippen LogP contribution in [0, 0.1) is 0 Å². The molecule has 182 valence electrons. The van der Waals surface area contributed by atoms with Crippen LogP contribution in [0.5, 0.6) is 34.5 Å². The van der Waals surface area contributed by atoms with E-state index in [0.29, 0.717) is 5.56 Å². The standard InChI is InChI=1S/C26H18O10/c27-15-9-16(35-24(33)10-15)5-3-14-8-21(30)22(31)12-18(14)25-23(32)11-17(36-26(25)34)4-1-13-2-6-19(28)20(29)7-13/h1-12,27-32H/p-2/b4-1+,5-3+. The van der Waals surface area contributed by atoms with Gasteiger partial charge < -0.3 is 39.5 Å². The Morgan fingerprint density at radius 1 is 0.667 bits per heavy atom. The zero-order valence-electron chi connectivity index (χ0n) is 18.2. The third kappa shape index (κ3) is 5.07. The lowest BCUT2D eigenvalue weighted by atomic mass is 9.98. The van der Waals surface area contributed by atoms with Crippen LogP contribution >= 0.6 is 0 Å². The number of phenolic OH excluding ortho intramolecular Hbond substituents is 3. The lowest BCUT2D eigenvalue weighted by molar-refractivity contribution is -0.270. The molecule has 0 aliphatic rings. The molecule has 10 nitrogen and oxygen atoms in total. The minimum Gasteiger partial charge on any atom is -0.872 e. The van der Waals surface area contributed by atoms with E-state index in [0.717, 1.165) is 36.4 Å². The van der Waals surface area contributed by atoms with Crippen molar-refractivity contribution in [1.29, 1.82) is 0 Å². The van der Waals surface area contributed by atoms with Crippen LogP contribution < -0.4 is 21.5 Å². The quantitative estimate of drug-likeness (QED) is 0.304. The predicted molar refractivity (Wildman–Crippen MR) is 125 cm³/mol. The van der Waals surface area contributed by atoms with Crippen LogP contribution in [0.4, 0.5) is 0 Å². The summed E-state index contributed by atoms with van der Waals surface area (Å²) in [6, 6.07) is 8.91. The molecule has 0 aliphatic heterocycles. The third-order valence-corrected chi connectivity index (χ3v) is 4.98. The molecule has 0 radical (unpaired) electrons. The first-order valence-electron chi connectivity index (χ1n) is 10.2. The fourth-order valence-electron chi connectivity index (χ4n) is 3.32. The first-order valence-corrected chi connectivity index (χ1v) is 10.2. The average Bonchev–Trinajstić information content (AvgIpc) is 2.80. The van der Waals surface area contributed by atoms with Crippen LogP contribution in [-0.4, -0.2) is 20.4 Å². The Balaban J connectivity index is 1.75. The summed E-state index contributed by atoms with van der Waals surface area (Å²) in [5.41, 5.74) is -1.85. The summed E-state index contributed by atoms with van der Waals surface area (Å²) in [6.07, 6.45) is 5.26. The van der Waals surface area contributed by atoms with Gasteiger partial charge in [-0.3, -0.25) is 0 Å². The highest BCUT2D eigenvalue weighted by Gasteiger charge is 2.15. The molecule has 0 saturated heterocycles. The maximum Gasteiger partial charge on any atom is 0.343 e. The molecule has 2 heterocycles. The normalized spacial score (nSPS) is 11.4. The Kier molecular flexibility index (Phi) is 6.25. The zero-order chi connectivity index (χ0) is 26.0. The Hall–Kier alpha value is -5.38. The minimum atomic E-state index is -1.04. The Morgan fingerprint density at radius 2 is 1.36 bits per heavy atom. The molecule has 2 aromatic heterocycles. The van der Waals surface area contributed by atoms with Gasteiger partial charge in [0.25, 0.3) is 0 Å². The van der Waals surface area contributed by atoms with Gasteiger partial charge in [-0.1, -0.05) is 35.8 Å². The molecule has 4 rings (SSSR count). The molecule has 4 aromatic rings. The van der Waals surface area contributed by atoms with Crippen LogP contribution in [0.2, 0.25) is 0 Å². The highest BCUT2D eigenvalue weighted by atomic mass is 16.4. The largest absolute Gasteiger partial charge is 0.872 e. The molecule has 0 unspecified atom stereocenters. The summed E-state index contributed by atoms with van der Waals surface area (Å²) >= 11 is 0. The summed E-state index contributed by atoms with van der Waals surface area (Å²) in [5, 5.41) is 63.1. The first kappa shape index (κ1) is 23.8. The number of rotatable bonds is 5. The molecule has 0 amide bonds. The lowest BCUT2D eigenvalue weighted by Crippen LogP contribution is -2.09. The van der Waals surface area contributed by atoms with Gasteiger partial charge in [0.2, 0.25) is 0 Å².